The molecule has 118 valence electrons. The van der Waals surface area contributed by atoms with Crippen molar-refractivity contribution in [2.45, 2.75) is 46.6 Å². The van der Waals surface area contributed by atoms with Gasteiger partial charge in [0.2, 0.25) is 0 Å². The standard InChI is InChI=1S/C16H26N2O3/c1-7-8-9-18(5)12(4)15(19)14-10(2)13(11(3)17-14)16(20)21-6/h12,17H,7-9H2,1-6H3. The summed E-state index contributed by atoms with van der Waals surface area (Å²) in [5, 5.41) is 0. The van der Waals surface area contributed by atoms with E-state index in [-0.39, 0.29) is 11.8 Å². The number of nitrogens with one attached hydrogen (secondary N) is 1. The maximum atomic E-state index is 12.6. The number of carbonyl (C=O) groups excluding carboxylic acids is 2. The second-order valence-corrected chi connectivity index (χ2v) is 5.49. The van der Waals surface area contributed by atoms with E-state index >= 15 is 0 Å². The topological polar surface area (TPSA) is 62.4 Å². The number of carbonyl (C=O) groups is 2. The minimum absolute atomic E-state index is 0.00403. The summed E-state index contributed by atoms with van der Waals surface area (Å²) >= 11 is 0. The summed E-state index contributed by atoms with van der Waals surface area (Å²) in [6.07, 6.45) is 2.16. The number of ketones is 1. The molecule has 0 amide bonds. The number of likely N-dealkylation sites (N-methyl/N-ethyl adjacent to an activating group) is 1. The van der Waals surface area contributed by atoms with Crippen molar-refractivity contribution in [3.8, 4) is 0 Å². The molecule has 1 rings (SSSR count). The lowest BCUT2D eigenvalue weighted by atomic mass is 10.0. The zero-order valence-corrected chi connectivity index (χ0v) is 13.9. The lowest BCUT2D eigenvalue weighted by Crippen LogP contribution is -2.37. The second-order valence-electron chi connectivity index (χ2n) is 5.49. The number of Topliss-reactive ketones (excluding diaryl/α,β-unsaturated/α-hetero) is 1. The van der Waals surface area contributed by atoms with Gasteiger partial charge in [-0.3, -0.25) is 9.69 Å². The fourth-order valence-corrected chi connectivity index (χ4v) is 2.41. The van der Waals surface area contributed by atoms with E-state index in [1.165, 1.54) is 7.11 Å². The Bertz CT molecular complexity index is 520. The van der Waals surface area contributed by atoms with Crippen LogP contribution in [0.15, 0.2) is 0 Å². The molecule has 0 aliphatic rings. The van der Waals surface area contributed by atoms with E-state index < -0.39 is 5.97 Å². The smallest absolute Gasteiger partial charge is 0.339 e. The Morgan fingerprint density at radius 3 is 2.48 bits per heavy atom. The summed E-state index contributed by atoms with van der Waals surface area (Å²) in [5.41, 5.74) is 2.30. The highest BCUT2D eigenvalue weighted by atomic mass is 16.5. The first-order valence-corrected chi connectivity index (χ1v) is 7.37. The predicted molar refractivity (Wildman–Crippen MR) is 82.9 cm³/mol. The Balaban J connectivity index is 3.00. The van der Waals surface area contributed by atoms with Crippen molar-refractivity contribution in [3.05, 3.63) is 22.5 Å². The van der Waals surface area contributed by atoms with Crippen LogP contribution in [0.5, 0.6) is 0 Å². The van der Waals surface area contributed by atoms with Gasteiger partial charge < -0.3 is 9.72 Å². The van der Waals surface area contributed by atoms with Gasteiger partial charge in [0.05, 0.1) is 24.4 Å². The number of methoxy groups -OCH3 is 1. The molecule has 0 bridgehead atoms. The Hall–Kier alpha value is -1.62. The maximum Gasteiger partial charge on any atom is 0.339 e. The highest BCUT2D eigenvalue weighted by Crippen LogP contribution is 2.21. The Morgan fingerprint density at radius 2 is 1.95 bits per heavy atom. The lowest BCUT2D eigenvalue weighted by Gasteiger charge is -2.23. The van der Waals surface area contributed by atoms with Crippen LogP contribution in [0.4, 0.5) is 0 Å². The average molecular weight is 294 g/mol. The van der Waals surface area contributed by atoms with E-state index in [1.54, 1.807) is 13.8 Å². The van der Waals surface area contributed by atoms with Gasteiger partial charge in [0.25, 0.3) is 0 Å². The average Bonchev–Trinajstić information content (AvgIpc) is 2.77. The van der Waals surface area contributed by atoms with Crippen molar-refractivity contribution in [1.82, 2.24) is 9.88 Å². The van der Waals surface area contributed by atoms with E-state index in [0.717, 1.165) is 19.4 Å². The number of nitrogens with zero attached hydrogens (tertiary/aromatic N) is 1. The third-order valence-electron chi connectivity index (χ3n) is 3.98. The Labute approximate surface area is 126 Å². The first-order chi connectivity index (χ1) is 9.84. The van der Waals surface area contributed by atoms with Gasteiger partial charge in [0.1, 0.15) is 0 Å². The number of hydrogen-bond acceptors (Lipinski definition) is 4. The quantitative estimate of drug-likeness (QED) is 0.620. The van der Waals surface area contributed by atoms with E-state index in [2.05, 4.69) is 11.9 Å². The first-order valence-electron chi connectivity index (χ1n) is 7.37. The van der Waals surface area contributed by atoms with Gasteiger partial charge in [0.15, 0.2) is 5.78 Å². The first kappa shape index (κ1) is 17.4. The molecule has 1 aromatic heterocycles. The molecule has 0 spiro atoms. The van der Waals surface area contributed by atoms with Crippen LogP contribution in [-0.2, 0) is 4.74 Å². The van der Waals surface area contributed by atoms with Crippen LogP contribution in [0.1, 0.15) is 58.8 Å². The molecule has 1 N–H and O–H groups in total. The molecule has 0 aliphatic carbocycles. The van der Waals surface area contributed by atoms with Crippen molar-refractivity contribution in [2.75, 3.05) is 20.7 Å². The molecule has 0 saturated heterocycles. The predicted octanol–water partition coefficient (Wildman–Crippen LogP) is 2.72. The number of H-pyrrole nitrogens is 1. The second kappa shape index (κ2) is 7.41. The third-order valence-corrected chi connectivity index (χ3v) is 3.98. The van der Waals surface area contributed by atoms with Crippen molar-refractivity contribution in [3.63, 3.8) is 0 Å². The maximum absolute atomic E-state index is 12.6. The van der Waals surface area contributed by atoms with Crippen molar-refractivity contribution >= 4 is 11.8 Å². The molecule has 1 heterocycles. The number of esters is 1. The summed E-state index contributed by atoms with van der Waals surface area (Å²) in [7, 11) is 3.29. The number of hydrogen-bond donors (Lipinski definition) is 1. The van der Waals surface area contributed by atoms with Gasteiger partial charge in [-0.05, 0) is 46.3 Å². The van der Waals surface area contributed by atoms with Gasteiger partial charge >= 0.3 is 5.97 Å². The molecule has 0 saturated carbocycles. The SMILES string of the molecule is CCCCN(C)C(C)C(=O)c1[nH]c(C)c(C(=O)OC)c1C. The minimum Gasteiger partial charge on any atom is -0.465 e. The number of ether oxygens (including phenoxy) is 1. The number of aromatic nitrogens is 1. The summed E-state index contributed by atoms with van der Waals surface area (Å²) in [6.45, 7) is 8.46. The molecule has 0 radical (unpaired) electrons. The molecule has 1 unspecified atom stereocenters. The number of rotatable bonds is 7. The van der Waals surface area contributed by atoms with Crippen molar-refractivity contribution in [2.24, 2.45) is 0 Å². The van der Waals surface area contributed by atoms with Crippen LogP contribution in [0.2, 0.25) is 0 Å². The number of unbranched alkanes of at least 4 members (excludes halogenated alkanes) is 1. The van der Waals surface area contributed by atoms with Crippen LogP contribution in [0.3, 0.4) is 0 Å². The normalized spacial score (nSPS) is 12.5. The molecule has 1 aromatic rings. The Kier molecular flexibility index (Phi) is 6.15. The molecular formula is C16H26N2O3. The molecule has 0 aliphatic heterocycles. The van der Waals surface area contributed by atoms with Crippen LogP contribution in [0, 0.1) is 13.8 Å². The molecule has 5 nitrogen and oxygen atoms in total. The van der Waals surface area contributed by atoms with E-state index in [1.807, 2.05) is 18.9 Å². The number of aryl methyl sites for hydroxylation is 1. The Morgan fingerprint density at radius 1 is 1.33 bits per heavy atom. The number of aromatic amines is 1. The largest absolute Gasteiger partial charge is 0.465 e. The van der Waals surface area contributed by atoms with E-state index in [0.29, 0.717) is 22.5 Å². The molecule has 5 heteroatoms. The monoisotopic (exact) mass is 294 g/mol. The van der Waals surface area contributed by atoms with Crippen molar-refractivity contribution < 1.29 is 14.3 Å². The summed E-state index contributed by atoms with van der Waals surface area (Å²) in [6, 6.07) is -0.223. The van der Waals surface area contributed by atoms with E-state index in [4.69, 9.17) is 4.74 Å². The molecular weight excluding hydrogens is 268 g/mol. The molecule has 0 aromatic carbocycles. The molecule has 1 atom stereocenters. The van der Waals surface area contributed by atoms with Crippen LogP contribution in [-0.4, -0.2) is 48.4 Å². The summed E-state index contributed by atoms with van der Waals surface area (Å²) in [5.74, 6) is -0.406. The van der Waals surface area contributed by atoms with Crippen LogP contribution < -0.4 is 0 Å². The summed E-state index contributed by atoms with van der Waals surface area (Å²) < 4.78 is 4.77. The van der Waals surface area contributed by atoms with Gasteiger partial charge in [-0.2, -0.15) is 0 Å². The lowest BCUT2D eigenvalue weighted by molar-refractivity contribution is 0.0599. The third kappa shape index (κ3) is 3.73. The van der Waals surface area contributed by atoms with Crippen LogP contribution in [0.25, 0.3) is 0 Å². The van der Waals surface area contributed by atoms with Crippen LogP contribution >= 0.6 is 0 Å². The van der Waals surface area contributed by atoms with Gasteiger partial charge in [-0.1, -0.05) is 13.3 Å². The summed E-state index contributed by atoms with van der Waals surface area (Å²) in [4.78, 5) is 29.5. The molecule has 0 fully saturated rings. The van der Waals surface area contributed by atoms with Crippen molar-refractivity contribution in [1.29, 1.82) is 0 Å². The fraction of sp³-hybridized carbons (Fsp3) is 0.625. The van der Waals surface area contributed by atoms with Gasteiger partial charge in [0, 0.05) is 5.69 Å². The van der Waals surface area contributed by atoms with Gasteiger partial charge in [-0.15, -0.1) is 0 Å². The van der Waals surface area contributed by atoms with E-state index in [9.17, 15) is 9.59 Å². The molecule has 21 heavy (non-hydrogen) atoms. The zero-order chi connectivity index (χ0) is 16.2. The highest BCUT2D eigenvalue weighted by Gasteiger charge is 2.26. The zero-order valence-electron chi connectivity index (χ0n) is 13.9. The fourth-order valence-electron chi connectivity index (χ4n) is 2.41. The highest BCUT2D eigenvalue weighted by molar-refractivity contribution is 6.03. The minimum atomic E-state index is -0.410. The van der Waals surface area contributed by atoms with Gasteiger partial charge in [-0.25, -0.2) is 4.79 Å².